The zero-order valence-corrected chi connectivity index (χ0v) is 55.5. The van der Waals surface area contributed by atoms with Crippen LogP contribution in [0.3, 0.4) is 0 Å². The third-order valence-corrected chi connectivity index (χ3v) is 28.8. The molecule has 2 N–H and O–H groups in total. The Kier molecular flexibility index (Phi) is 43.0. The molecule has 79 heavy (non-hydrogen) atoms. The van der Waals surface area contributed by atoms with Crippen LogP contribution in [0.15, 0.2) is 12.1 Å². The smallest absolute Gasteiger partial charge is 0.220 e. The Morgan fingerprint density at radius 1 is 0.405 bits per heavy atom. The van der Waals surface area contributed by atoms with Gasteiger partial charge in [-0.1, -0.05) is 206 Å². The second kappa shape index (κ2) is 45.7. The molecule has 0 radical (unpaired) electrons. The van der Waals surface area contributed by atoms with Crippen LogP contribution in [0.2, 0.25) is 33.2 Å². The van der Waals surface area contributed by atoms with Gasteiger partial charge in [0.25, 0.3) is 0 Å². The van der Waals surface area contributed by atoms with E-state index in [1.165, 1.54) is 44.9 Å². The highest BCUT2D eigenvalue weighted by atomic mass is 28.4. The molecule has 1 rings (SSSR count). The summed E-state index contributed by atoms with van der Waals surface area (Å²) in [5, 5.41) is 6.05. The molecular weight excluding hydrogens is 1020 g/mol. The topological polar surface area (TPSA) is 138 Å². The van der Waals surface area contributed by atoms with E-state index in [4.69, 9.17) is 23.1 Å². The van der Waals surface area contributed by atoms with E-state index >= 15 is 0 Å². The minimum atomic E-state index is -1.91. The number of aldehydes is 1. The standard InChI is InChI=1S/C66H124N2O9Si2/c1-14-44-67-64(71)42-34-28-22-16-19-24-30-36-46-73-62-51-60(53-69)52-63(74-47-37-31-25-20-17-23-29-35-43-65(72)68-45-50-77-79(57(8)9,58(10)11)59(12)13)66(62)75-48-38-32-26-18-15-21-27-33-40-61(70)41-39-49-76-78(54(2)3,55(4)5)56(6)7/h51-59H,14-50H2,1-13H3,(H,67,71)(H,68,72). The fourth-order valence-electron chi connectivity index (χ4n) is 12.4. The quantitative estimate of drug-likeness (QED) is 0.0371. The summed E-state index contributed by atoms with van der Waals surface area (Å²) in [6.45, 7) is 34.0. The second-order valence-corrected chi connectivity index (χ2v) is 35.8. The third kappa shape index (κ3) is 31.5. The van der Waals surface area contributed by atoms with Gasteiger partial charge in [0.05, 0.1) is 26.4 Å². The van der Waals surface area contributed by atoms with E-state index in [2.05, 4.69) is 101 Å². The van der Waals surface area contributed by atoms with Crippen molar-refractivity contribution in [2.75, 3.05) is 46.1 Å². The van der Waals surface area contributed by atoms with Crippen LogP contribution >= 0.6 is 0 Å². The summed E-state index contributed by atoms with van der Waals surface area (Å²) in [5.74, 6) is 2.44. The van der Waals surface area contributed by atoms with Gasteiger partial charge in [-0.15, -0.1) is 0 Å². The maximum Gasteiger partial charge on any atom is 0.220 e. The number of ketones is 1. The Morgan fingerprint density at radius 2 is 0.722 bits per heavy atom. The van der Waals surface area contributed by atoms with Crippen LogP contribution in [-0.2, 0) is 23.2 Å². The van der Waals surface area contributed by atoms with Gasteiger partial charge in [0.15, 0.2) is 28.1 Å². The summed E-state index contributed by atoms with van der Waals surface area (Å²) < 4.78 is 32.5. The van der Waals surface area contributed by atoms with Crippen molar-refractivity contribution in [2.24, 2.45) is 0 Å². The van der Waals surface area contributed by atoms with Gasteiger partial charge in [0.2, 0.25) is 17.6 Å². The van der Waals surface area contributed by atoms with Crippen LogP contribution in [0.4, 0.5) is 0 Å². The Labute approximate surface area is 488 Å². The SMILES string of the molecule is CCCNC(=O)CCCCCCCCCCOc1cc(C=O)cc(OCCCCCCCCCCC(=O)NCCO[Si](C(C)C)(C(C)C)C(C)C)c1OCCCCCCCCCCC(=O)CCCO[Si](C(C)C)(C(C)C)C(C)C. The molecule has 0 heterocycles. The molecule has 0 unspecified atom stereocenters. The van der Waals surface area contributed by atoms with Crippen LogP contribution in [0.25, 0.3) is 0 Å². The molecule has 0 saturated carbocycles. The molecule has 0 fully saturated rings. The first-order valence-electron chi connectivity index (χ1n) is 32.7. The number of Topliss-reactive ketones (excluding diaryl/α,β-unsaturated/α-hetero) is 1. The van der Waals surface area contributed by atoms with E-state index in [9.17, 15) is 19.2 Å². The number of unbranched alkanes of at least 4 members (excludes halogenated alkanes) is 21. The van der Waals surface area contributed by atoms with Crippen LogP contribution in [0.5, 0.6) is 17.2 Å². The molecule has 1 aromatic carbocycles. The molecule has 13 heteroatoms. The lowest BCUT2D eigenvalue weighted by Gasteiger charge is -2.42. The van der Waals surface area contributed by atoms with Gasteiger partial charge < -0.3 is 33.7 Å². The van der Waals surface area contributed by atoms with Crippen LogP contribution < -0.4 is 24.8 Å². The molecule has 2 amide bonds. The first kappa shape index (κ1) is 74.3. The molecule has 1 aromatic rings. The zero-order valence-electron chi connectivity index (χ0n) is 53.5. The summed E-state index contributed by atoms with van der Waals surface area (Å²) in [6.07, 6.45) is 31.3. The molecule has 0 aliphatic carbocycles. The van der Waals surface area contributed by atoms with Crippen LogP contribution in [-0.4, -0.2) is 86.6 Å². The van der Waals surface area contributed by atoms with Gasteiger partial charge in [-0.05, 0) is 96.7 Å². The summed E-state index contributed by atoms with van der Waals surface area (Å²) in [7, 11) is -3.78. The highest BCUT2D eigenvalue weighted by molar-refractivity contribution is 6.78. The van der Waals surface area contributed by atoms with E-state index < -0.39 is 16.6 Å². The van der Waals surface area contributed by atoms with E-state index in [-0.39, 0.29) is 11.8 Å². The fraction of sp³-hybridized carbons (Fsp3) is 0.848. The van der Waals surface area contributed by atoms with Crippen molar-refractivity contribution in [3.63, 3.8) is 0 Å². The Morgan fingerprint density at radius 3 is 1.09 bits per heavy atom. The lowest BCUT2D eigenvalue weighted by molar-refractivity contribution is -0.122. The number of benzene rings is 1. The van der Waals surface area contributed by atoms with Crippen molar-refractivity contribution in [3.05, 3.63) is 17.7 Å². The molecule has 460 valence electrons. The van der Waals surface area contributed by atoms with Crippen molar-refractivity contribution in [2.45, 2.75) is 316 Å². The molecule has 0 spiro atoms. The van der Waals surface area contributed by atoms with Crippen molar-refractivity contribution in [1.82, 2.24) is 10.6 Å². The maximum absolute atomic E-state index is 12.7. The largest absolute Gasteiger partial charge is 0.490 e. The number of ether oxygens (including phenoxy) is 3. The Bertz CT molecular complexity index is 1680. The van der Waals surface area contributed by atoms with Gasteiger partial charge >= 0.3 is 0 Å². The molecule has 0 aliphatic heterocycles. The summed E-state index contributed by atoms with van der Waals surface area (Å²) in [6, 6.07) is 3.58. The van der Waals surface area contributed by atoms with E-state index in [0.717, 1.165) is 135 Å². The normalized spacial score (nSPS) is 12.2. The predicted molar refractivity (Wildman–Crippen MR) is 338 cm³/mol. The van der Waals surface area contributed by atoms with E-state index in [1.807, 2.05) is 0 Å². The number of nitrogens with one attached hydrogen (secondary N) is 2. The monoisotopic (exact) mass is 1140 g/mol. The molecular formula is C66H124N2O9Si2. The van der Waals surface area contributed by atoms with Gasteiger partial charge in [0.1, 0.15) is 12.1 Å². The average molecular weight is 1150 g/mol. The van der Waals surface area contributed by atoms with Crippen LogP contribution in [0.1, 0.15) is 293 Å². The van der Waals surface area contributed by atoms with Crippen molar-refractivity contribution < 1.29 is 42.2 Å². The summed E-state index contributed by atoms with van der Waals surface area (Å²) in [4.78, 5) is 49.2. The lowest BCUT2D eigenvalue weighted by Crippen LogP contribution is -2.49. The molecule has 11 nitrogen and oxygen atoms in total. The summed E-state index contributed by atoms with van der Waals surface area (Å²) >= 11 is 0. The number of rotatable bonds is 54. The third-order valence-electron chi connectivity index (χ3n) is 16.6. The number of carbonyl (C=O) groups excluding carboxylic acids is 4. The van der Waals surface area contributed by atoms with Gasteiger partial charge in [-0.25, -0.2) is 0 Å². The van der Waals surface area contributed by atoms with Gasteiger partial charge in [0, 0.05) is 50.9 Å². The van der Waals surface area contributed by atoms with Crippen molar-refractivity contribution in [1.29, 1.82) is 0 Å². The Hall–Kier alpha value is -2.75. The first-order valence-corrected chi connectivity index (χ1v) is 37.0. The maximum atomic E-state index is 12.7. The number of amides is 2. The number of hydrogen-bond acceptors (Lipinski definition) is 9. The van der Waals surface area contributed by atoms with Crippen LogP contribution in [0, 0.1) is 0 Å². The van der Waals surface area contributed by atoms with E-state index in [1.54, 1.807) is 12.1 Å². The van der Waals surface area contributed by atoms with Crippen molar-refractivity contribution >= 4 is 40.5 Å². The summed E-state index contributed by atoms with van der Waals surface area (Å²) in [5.41, 5.74) is 3.83. The lowest BCUT2D eigenvalue weighted by atomic mass is 10.0. The fourth-order valence-corrected chi connectivity index (χ4v) is 23.4. The second-order valence-electron chi connectivity index (χ2n) is 24.9. The highest BCUT2D eigenvalue weighted by Gasteiger charge is 2.46. The molecule has 0 atom stereocenters. The molecule has 0 aliphatic rings. The average Bonchev–Trinajstić information content (AvgIpc) is 3.42. The Balaban J connectivity index is 2.55. The minimum Gasteiger partial charge on any atom is -0.490 e. The van der Waals surface area contributed by atoms with E-state index in [0.29, 0.717) is 127 Å². The minimum absolute atomic E-state index is 0.131. The predicted octanol–water partition coefficient (Wildman–Crippen LogP) is 18.5. The van der Waals surface area contributed by atoms with Gasteiger partial charge in [-0.3, -0.25) is 19.2 Å². The van der Waals surface area contributed by atoms with Gasteiger partial charge in [-0.2, -0.15) is 0 Å². The van der Waals surface area contributed by atoms with Crippen molar-refractivity contribution in [3.8, 4) is 17.2 Å². The zero-order chi connectivity index (χ0) is 58.7. The highest BCUT2D eigenvalue weighted by Crippen LogP contribution is 2.44. The first-order chi connectivity index (χ1) is 37.9. The molecule has 0 bridgehead atoms. The number of hydrogen-bond donors (Lipinski definition) is 2. The molecule has 0 aromatic heterocycles. The molecule has 0 saturated heterocycles. The number of carbonyl (C=O) groups is 4.